The number of Topliss-reactive ketones (excluding diaryl/α,β-unsaturated/α-hetero) is 1. The highest BCUT2D eigenvalue weighted by atomic mass is 16.3. The van der Waals surface area contributed by atoms with Crippen molar-refractivity contribution < 1.29 is 30.0 Å². The summed E-state index contributed by atoms with van der Waals surface area (Å²) in [4.78, 5) is 25.4. The summed E-state index contributed by atoms with van der Waals surface area (Å²) in [5, 5.41) is 47.5. The number of primary amides is 1. The van der Waals surface area contributed by atoms with Crippen molar-refractivity contribution in [1.82, 2.24) is 9.78 Å². The van der Waals surface area contributed by atoms with E-state index in [0.29, 0.717) is 24.1 Å². The first-order valence-electron chi connectivity index (χ1n) is 10.4. The third-order valence-corrected chi connectivity index (χ3v) is 7.08. The highest BCUT2D eigenvalue weighted by Gasteiger charge is 2.55. The summed E-state index contributed by atoms with van der Waals surface area (Å²) >= 11 is 0. The maximum absolute atomic E-state index is 13.5. The summed E-state index contributed by atoms with van der Waals surface area (Å²) in [6, 6.07) is 4.86. The van der Waals surface area contributed by atoms with Gasteiger partial charge in [0, 0.05) is 24.4 Å². The lowest BCUT2D eigenvalue weighted by atomic mass is 9.58. The number of hydrogen-bond donors (Lipinski definition) is 5. The number of fused-ring (bicyclic) bond motifs is 3. The van der Waals surface area contributed by atoms with Gasteiger partial charge in [-0.3, -0.25) is 9.59 Å². The molecule has 9 nitrogen and oxygen atoms in total. The van der Waals surface area contributed by atoms with E-state index in [1.165, 1.54) is 13.0 Å². The Balaban J connectivity index is 1.67. The molecule has 166 valence electrons. The van der Waals surface area contributed by atoms with Crippen LogP contribution in [0.4, 0.5) is 0 Å². The molecule has 0 bridgehead atoms. The van der Waals surface area contributed by atoms with Gasteiger partial charge in [0.15, 0.2) is 5.78 Å². The minimum Gasteiger partial charge on any atom is -0.512 e. The molecule has 1 amide bonds. The van der Waals surface area contributed by atoms with E-state index in [2.05, 4.69) is 5.10 Å². The maximum atomic E-state index is 13.5. The highest BCUT2D eigenvalue weighted by molar-refractivity contribution is 6.14. The Hall–Kier alpha value is -3.59. The summed E-state index contributed by atoms with van der Waals surface area (Å²) < 4.78 is 1.62. The molecule has 0 spiro atoms. The van der Waals surface area contributed by atoms with Crippen LogP contribution in [0.15, 0.2) is 53.3 Å². The van der Waals surface area contributed by atoms with Crippen molar-refractivity contribution in [2.24, 2.45) is 23.5 Å². The molecule has 6 N–H and O–H groups in total. The number of nitrogens with zero attached hydrogens (tertiary/aromatic N) is 2. The number of ketones is 1. The first-order valence-corrected chi connectivity index (χ1v) is 10.4. The van der Waals surface area contributed by atoms with Crippen molar-refractivity contribution in [2.75, 3.05) is 0 Å². The average molecular weight is 437 g/mol. The first kappa shape index (κ1) is 20.3. The molecule has 1 heterocycles. The zero-order valence-electron chi connectivity index (χ0n) is 17.3. The second-order valence-electron chi connectivity index (χ2n) is 8.95. The van der Waals surface area contributed by atoms with Crippen molar-refractivity contribution in [2.45, 2.75) is 31.8 Å². The van der Waals surface area contributed by atoms with Gasteiger partial charge in [-0.05, 0) is 55.4 Å². The van der Waals surface area contributed by atoms with Crippen LogP contribution < -0.4 is 5.73 Å². The number of carbonyl (C=O) groups excluding carboxylic acids is 2. The summed E-state index contributed by atoms with van der Waals surface area (Å²) in [5.74, 6) is -4.07. The highest BCUT2D eigenvalue weighted by Crippen LogP contribution is 2.54. The van der Waals surface area contributed by atoms with Crippen LogP contribution in [0, 0.1) is 17.8 Å². The van der Waals surface area contributed by atoms with Crippen LogP contribution in [-0.4, -0.2) is 47.5 Å². The van der Waals surface area contributed by atoms with E-state index in [1.807, 2.05) is 0 Å². The van der Waals surface area contributed by atoms with Crippen molar-refractivity contribution >= 4 is 11.7 Å². The van der Waals surface area contributed by atoms with Gasteiger partial charge in [0.1, 0.15) is 22.9 Å². The van der Waals surface area contributed by atoms with Crippen molar-refractivity contribution in [3.05, 3.63) is 64.4 Å². The van der Waals surface area contributed by atoms with E-state index in [9.17, 15) is 30.0 Å². The SMILES string of the molecule is CC1(O)C(C(N)=O)=C(O)CC2CC3Cc4c(-n5cccn5)ccc(O)c4C(=O)C3=C(O)C21. The Morgan fingerprint density at radius 1 is 1.25 bits per heavy atom. The standard InChI is InChI=1S/C23H23N3O6/c1-23(32)18-11(9-15(28)19(23)22(24)31)7-10-8-12-13(26-6-2-5-25-26)3-4-14(27)17(12)20(29)16(10)21(18)30/h2-6,10-11,18,27-28,30,32H,7-9H2,1H3,(H2,24,31). The monoisotopic (exact) mass is 437 g/mol. The molecule has 1 aromatic heterocycles. The molecule has 0 saturated carbocycles. The molecular weight excluding hydrogens is 414 g/mol. The number of phenols is 1. The molecule has 0 saturated heterocycles. The number of phenolic OH excluding ortho intramolecular Hbond substituents is 1. The van der Waals surface area contributed by atoms with Crippen LogP contribution in [0.1, 0.15) is 35.7 Å². The van der Waals surface area contributed by atoms with Gasteiger partial charge in [-0.2, -0.15) is 5.10 Å². The van der Waals surface area contributed by atoms with Crippen LogP contribution in [0.25, 0.3) is 5.69 Å². The average Bonchev–Trinajstić information content (AvgIpc) is 3.20. The summed E-state index contributed by atoms with van der Waals surface area (Å²) in [5.41, 5.74) is 4.59. The van der Waals surface area contributed by atoms with Gasteiger partial charge in [0.2, 0.25) is 0 Å². The second kappa shape index (κ2) is 6.70. The van der Waals surface area contributed by atoms with Crippen molar-refractivity contribution in [3.63, 3.8) is 0 Å². The van der Waals surface area contributed by atoms with Crippen LogP contribution in [0.2, 0.25) is 0 Å². The number of aromatic hydroxyl groups is 1. The number of aliphatic hydroxyl groups excluding tert-OH is 2. The Bertz CT molecular complexity index is 1220. The third kappa shape index (κ3) is 2.64. The predicted molar refractivity (Wildman–Crippen MR) is 112 cm³/mol. The van der Waals surface area contributed by atoms with Crippen LogP contribution in [-0.2, 0) is 11.2 Å². The number of amides is 1. The van der Waals surface area contributed by atoms with Crippen LogP contribution in [0.3, 0.4) is 0 Å². The fourth-order valence-electron chi connectivity index (χ4n) is 5.91. The summed E-state index contributed by atoms with van der Waals surface area (Å²) in [6.45, 7) is 1.31. The molecule has 0 radical (unpaired) electrons. The molecule has 4 atom stereocenters. The summed E-state index contributed by atoms with van der Waals surface area (Å²) in [6.07, 6.45) is 4.17. The van der Waals surface area contributed by atoms with Crippen molar-refractivity contribution in [3.8, 4) is 11.4 Å². The van der Waals surface area contributed by atoms with Gasteiger partial charge in [-0.1, -0.05) is 0 Å². The van der Waals surface area contributed by atoms with E-state index >= 15 is 0 Å². The van der Waals surface area contributed by atoms with Crippen LogP contribution in [0.5, 0.6) is 5.75 Å². The maximum Gasteiger partial charge on any atom is 0.250 e. The van der Waals surface area contributed by atoms with Gasteiger partial charge in [-0.15, -0.1) is 0 Å². The first-order chi connectivity index (χ1) is 15.1. The lowest BCUT2D eigenvalue weighted by Crippen LogP contribution is -2.52. The number of carbonyl (C=O) groups is 2. The van der Waals surface area contributed by atoms with E-state index in [1.54, 1.807) is 29.2 Å². The molecule has 9 heteroatoms. The number of benzene rings is 1. The molecule has 3 aliphatic carbocycles. The van der Waals surface area contributed by atoms with Gasteiger partial charge < -0.3 is 26.2 Å². The topological polar surface area (TPSA) is 159 Å². The molecular formula is C23H23N3O6. The van der Waals surface area contributed by atoms with Crippen LogP contribution >= 0.6 is 0 Å². The molecule has 1 aromatic carbocycles. The Labute approximate surface area is 183 Å². The number of hydrogen-bond acceptors (Lipinski definition) is 7. The zero-order valence-corrected chi connectivity index (χ0v) is 17.3. The minimum atomic E-state index is -1.94. The molecule has 4 unspecified atom stereocenters. The van der Waals surface area contributed by atoms with E-state index in [-0.39, 0.29) is 46.3 Å². The zero-order chi connectivity index (χ0) is 22.9. The summed E-state index contributed by atoms with van der Waals surface area (Å²) in [7, 11) is 0. The largest absolute Gasteiger partial charge is 0.512 e. The van der Waals surface area contributed by atoms with E-state index < -0.39 is 29.1 Å². The Morgan fingerprint density at radius 2 is 2.00 bits per heavy atom. The quantitative estimate of drug-likeness (QED) is 0.479. The normalized spacial score (nSPS) is 29.4. The lowest BCUT2D eigenvalue weighted by molar-refractivity contribution is -0.119. The van der Waals surface area contributed by atoms with Gasteiger partial charge >= 0.3 is 0 Å². The molecule has 0 fully saturated rings. The smallest absolute Gasteiger partial charge is 0.250 e. The molecule has 2 aromatic rings. The Kier molecular flexibility index (Phi) is 4.26. The molecule has 32 heavy (non-hydrogen) atoms. The predicted octanol–water partition coefficient (Wildman–Crippen LogP) is 1.83. The molecule has 3 aliphatic rings. The molecule has 5 rings (SSSR count). The number of allylic oxidation sites excluding steroid dienone is 2. The number of rotatable bonds is 2. The fraction of sp³-hybridized carbons (Fsp3) is 0.348. The van der Waals surface area contributed by atoms with E-state index in [0.717, 1.165) is 0 Å². The minimum absolute atomic E-state index is 0.0556. The third-order valence-electron chi connectivity index (χ3n) is 7.08. The number of aliphatic hydroxyl groups is 3. The second-order valence-corrected chi connectivity index (χ2v) is 8.95. The van der Waals surface area contributed by atoms with Gasteiger partial charge in [-0.25, -0.2) is 4.68 Å². The lowest BCUT2D eigenvalue weighted by Gasteiger charge is -2.48. The fourth-order valence-corrected chi connectivity index (χ4v) is 5.91. The molecule has 0 aliphatic heterocycles. The number of aromatic nitrogens is 2. The Morgan fingerprint density at radius 3 is 2.66 bits per heavy atom. The van der Waals surface area contributed by atoms with Gasteiger partial charge in [0.25, 0.3) is 5.91 Å². The van der Waals surface area contributed by atoms with Crippen molar-refractivity contribution in [1.29, 1.82) is 0 Å². The van der Waals surface area contributed by atoms with Gasteiger partial charge in [0.05, 0.1) is 22.7 Å². The van der Waals surface area contributed by atoms with E-state index in [4.69, 9.17) is 5.73 Å². The number of nitrogens with two attached hydrogens (primary N) is 1.